The van der Waals surface area contributed by atoms with Crippen molar-refractivity contribution >= 4 is 28.8 Å². The summed E-state index contributed by atoms with van der Waals surface area (Å²) in [6, 6.07) is 8.05. The molecule has 1 aliphatic heterocycles. The van der Waals surface area contributed by atoms with E-state index >= 15 is 0 Å². The second-order valence-electron chi connectivity index (χ2n) is 6.80. The number of thiazole rings is 1. The molecular formula is C19H21ClN2OS. The molecular weight excluding hydrogens is 340 g/mol. The van der Waals surface area contributed by atoms with Crippen LogP contribution < -0.4 is 0 Å². The number of hydrogen-bond acceptors (Lipinski definition) is 3. The minimum absolute atomic E-state index is 0.114. The first-order chi connectivity index (χ1) is 11.7. The average Bonchev–Trinajstić information content (AvgIpc) is 3.11. The van der Waals surface area contributed by atoms with Gasteiger partial charge in [0.1, 0.15) is 10.7 Å². The van der Waals surface area contributed by atoms with E-state index in [1.165, 1.54) is 37.0 Å². The zero-order chi connectivity index (χ0) is 16.5. The van der Waals surface area contributed by atoms with Crippen molar-refractivity contribution in [3.05, 3.63) is 40.4 Å². The van der Waals surface area contributed by atoms with E-state index in [0.717, 1.165) is 30.0 Å². The first-order valence-electron chi connectivity index (χ1n) is 8.75. The summed E-state index contributed by atoms with van der Waals surface area (Å²) in [6.07, 6.45) is 7.41. The molecule has 4 rings (SSSR count). The van der Waals surface area contributed by atoms with Crippen molar-refractivity contribution in [3.8, 4) is 10.6 Å². The number of nitrogens with zero attached hydrogens (tertiary/aromatic N) is 2. The van der Waals surface area contributed by atoms with Crippen molar-refractivity contribution in [2.45, 2.75) is 44.6 Å². The molecule has 1 aromatic heterocycles. The average molecular weight is 361 g/mol. The lowest BCUT2D eigenvalue weighted by molar-refractivity contribution is 0.0386. The summed E-state index contributed by atoms with van der Waals surface area (Å²) in [5, 5.41) is 3.49. The molecule has 2 unspecified atom stereocenters. The zero-order valence-corrected chi connectivity index (χ0v) is 15.2. The lowest BCUT2D eigenvalue weighted by atomic mass is 9.78. The van der Waals surface area contributed by atoms with Crippen LogP contribution in [0.2, 0.25) is 5.02 Å². The Morgan fingerprint density at radius 3 is 2.71 bits per heavy atom. The Balaban J connectivity index is 1.55. The van der Waals surface area contributed by atoms with Crippen LogP contribution in [0.25, 0.3) is 10.6 Å². The first kappa shape index (κ1) is 16.1. The van der Waals surface area contributed by atoms with Gasteiger partial charge in [0.15, 0.2) is 0 Å². The summed E-state index contributed by atoms with van der Waals surface area (Å²) in [6.45, 7) is 0.883. The molecule has 2 aromatic rings. The minimum atomic E-state index is 0.114. The predicted octanol–water partition coefficient (Wildman–Crippen LogP) is 5.26. The molecule has 2 atom stereocenters. The summed E-state index contributed by atoms with van der Waals surface area (Å²) >= 11 is 7.47. The summed E-state index contributed by atoms with van der Waals surface area (Å²) < 4.78 is 0. The van der Waals surface area contributed by atoms with Crippen molar-refractivity contribution in [3.63, 3.8) is 0 Å². The fourth-order valence-corrected chi connectivity index (χ4v) is 5.05. The van der Waals surface area contributed by atoms with Gasteiger partial charge in [-0.1, -0.05) is 36.6 Å². The lowest BCUT2D eigenvalue weighted by Gasteiger charge is -2.43. The van der Waals surface area contributed by atoms with Crippen LogP contribution in [-0.2, 0) is 0 Å². The molecule has 1 saturated heterocycles. The number of carbonyl (C=O) groups excluding carboxylic acids is 1. The highest BCUT2D eigenvalue weighted by Crippen LogP contribution is 2.36. The number of aromatic nitrogens is 1. The van der Waals surface area contributed by atoms with Crippen LogP contribution in [0, 0.1) is 5.92 Å². The molecule has 2 heterocycles. The van der Waals surface area contributed by atoms with E-state index < -0.39 is 0 Å². The van der Waals surface area contributed by atoms with Crippen molar-refractivity contribution in [1.29, 1.82) is 0 Å². The van der Waals surface area contributed by atoms with E-state index in [1.807, 2.05) is 29.6 Å². The summed E-state index contributed by atoms with van der Waals surface area (Å²) in [7, 11) is 0. The number of fused-ring (bicyclic) bond motifs is 1. The van der Waals surface area contributed by atoms with Crippen LogP contribution in [0.15, 0.2) is 29.6 Å². The van der Waals surface area contributed by atoms with Gasteiger partial charge in [-0.05, 0) is 43.7 Å². The van der Waals surface area contributed by atoms with E-state index in [9.17, 15) is 4.79 Å². The van der Waals surface area contributed by atoms with Gasteiger partial charge < -0.3 is 4.90 Å². The molecule has 1 amide bonds. The SMILES string of the molecule is O=C(c1csc(-c2ccc(Cl)cc2)n1)N1CCCC2CCCCC21. The van der Waals surface area contributed by atoms with Gasteiger partial charge in [0.25, 0.3) is 5.91 Å². The maximum absolute atomic E-state index is 13.0. The van der Waals surface area contributed by atoms with Crippen LogP contribution in [-0.4, -0.2) is 28.4 Å². The Labute approximate surface area is 151 Å². The molecule has 1 aromatic carbocycles. The molecule has 0 radical (unpaired) electrons. The number of piperidine rings is 1. The molecule has 0 bridgehead atoms. The smallest absolute Gasteiger partial charge is 0.273 e. The number of benzene rings is 1. The second-order valence-corrected chi connectivity index (χ2v) is 8.09. The highest BCUT2D eigenvalue weighted by atomic mass is 35.5. The van der Waals surface area contributed by atoms with Gasteiger partial charge in [-0.25, -0.2) is 4.98 Å². The van der Waals surface area contributed by atoms with Crippen LogP contribution in [0.5, 0.6) is 0 Å². The minimum Gasteiger partial charge on any atom is -0.334 e. The molecule has 1 saturated carbocycles. The Morgan fingerprint density at radius 1 is 1.12 bits per heavy atom. The third kappa shape index (κ3) is 3.09. The molecule has 0 N–H and O–H groups in total. The maximum Gasteiger partial charge on any atom is 0.273 e. The van der Waals surface area contributed by atoms with Crippen molar-refractivity contribution in [2.24, 2.45) is 5.92 Å². The molecule has 0 spiro atoms. The van der Waals surface area contributed by atoms with Gasteiger partial charge in [-0.2, -0.15) is 0 Å². The number of rotatable bonds is 2. The molecule has 3 nitrogen and oxygen atoms in total. The topological polar surface area (TPSA) is 33.2 Å². The Kier molecular flexibility index (Phi) is 4.59. The van der Waals surface area contributed by atoms with Gasteiger partial charge in [0.05, 0.1) is 0 Å². The summed E-state index contributed by atoms with van der Waals surface area (Å²) in [5.74, 6) is 0.814. The third-order valence-corrected chi connectivity index (χ3v) is 6.46. The Morgan fingerprint density at radius 2 is 1.88 bits per heavy atom. The molecule has 1 aliphatic carbocycles. The Bertz CT molecular complexity index is 725. The van der Waals surface area contributed by atoms with Crippen LogP contribution >= 0.6 is 22.9 Å². The second kappa shape index (κ2) is 6.85. The standard InChI is InChI=1S/C19H21ClN2OS/c20-15-9-7-14(8-10-15)18-21-16(12-24-18)19(23)22-11-3-5-13-4-1-2-6-17(13)22/h7-10,12-13,17H,1-6,11H2. The highest BCUT2D eigenvalue weighted by Gasteiger charge is 2.36. The van der Waals surface area contributed by atoms with E-state index in [-0.39, 0.29) is 5.91 Å². The molecule has 24 heavy (non-hydrogen) atoms. The van der Waals surface area contributed by atoms with E-state index in [2.05, 4.69) is 9.88 Å². The maximum atomic E-state index is 13.0. The van der Waals surface area contributed by atoms with E-state index in [0.29, 0.717) is 22.7 Å². The monoisotopic (exact) mass is 360 g/mol. The number of carbonyl (C=O) groups is 1. The number of likely N-dealkylation sites (tertiary alicyclic amines) is 1. The van der Waals surface area contributed by atoms with Crippen LogP contribution in [0.3, 0.4) is 0 Å². The lowest BCUT2D eigenvalue weighted by Crippen LogP contribution is -2.49. The van der Waals surface area contributed by atoms with Gasteiger partial charge >= 0.3 is 0 Å². The number of amides is 1. The number of hydrogen-bond donors (Lipinski definition) is 0. The highest BCUT2D eigenvalue weighted by molar-refractivity contribution is 7.13. The number of halogens is 1. The fourth-order valence-electron chi connectivity index (χ4n) is 4.12. The third-order valence-electron chi connectivity index (χ3n) is 5.32. The van der Waals surface area contributed by atoms with Crippen molar-refractivity contribution in [2.75, 3.05) is 6.54 Å². The van der Waals surface area contributed by atoms with E-state index in [1.54, 1.807) is 0 Å². The van der Waals surface area contributed by atoms with Crippen LogP contribution in [0.1, 0.15) is 49.0 Å². The quantitative estimate of drug-likeness (QED) is 0.732. The predicted molar refractivity (Wildman–Crippen MR) is 98.6 cm³/mol. The first-order valence-corrected chi connectivity index (χ1v) is 10.0. The van der Waals surface area contributed by atoms with Crippen LogP contribution in [0.4, 0.5) is 0 Å². The Hall–Kier alpha value is -1.39. The van der Waals surface area contributed by atoms with Gasteiger partial charge in [0, 0.05) is 28.6 Å². The van der Waals surface area contributed by atoms with Crippen molar-refractivity contribution in [1.82, 2.24) is 9.88 Å². The van der Waals surface area contributed by atoms with E-state index in [4.69, 9.17) is 11.6 Å². The molecule has 5 heteroatoms. The molecule has 2 aliphatic rings. The summed E-state index contributed by atoms with van der Waals surface area (Å²) in [4.78, 5) is 19.7. The zero-order valence-electron chi connectivity index (χ0n) is 13.6. The fraction of sp³-hybridized carbons (Fsp3) is 0.474. The van der Waals surface area contributed by atoms with Gasteiger partial charge in [0.2, 0.25) is 0 Å². The van der Waals surface area contributed by atoms with Crippen molar-refractivity contribution < 1.29 is 4.79 Å². The summed E-state index contributed by atoms with van der Waals surface area (Å²) in [5.41, 5.74) is 1.61. The molecule has 2 fully saturated rings. The largest absolute Gasteiger partial charge is 0.334 e. The van der Waals surface area contributed by atoms with Gasteiger partial charge in [-0.15, -0.1) is 11.3 Å². The normalized spacial score (nSPS) is 23.8. The van der Waals surface area contributed by atoms with Gasteiger partial charge in [-0.3, -0.25) is 4.79 Å². The molecule has 126 valence electrons.